The van der Waals surface area contributed by atoms with Crippen LogP contribution in [0.2, 0.25) is 0 Å². The van der Waals surface area contributed by atoms with E-state index in [4.69, 9.17) is 0 Å². The molecule has 2 nitrogen and oxygen atoms in total. The van der Waals surface area contributed by atoms with Gasteiger partial charge in [0.2, 0.25) is 0 Å². The van der Waals surface area contributed by atoms with Gasteiger partial charge in [-0.1, -0.05) is 32.0 Å². The summed E-state index contributed by atoms with van der Waals surface area (Å²) in [4.78, 5) is 0.448. The van der Waals surface area contributed by atoms with Gasteiger partial charge in [-0.05, 0) is 30.9 Å². The zero-order valence-electron chi connectivity index (χ0n) is 9.27. The Morgan fingerprint density at radius 3 is 1.93 bits per heavy atom. The van der Waals surface area contributed by atoms with Crippen LogP contribution in [0.3, 0.4) is 0 Å². The Labute approximate surface area is 91.2 Å². The molecule has 3 heteroatoms. The van der Waals surface area contributed by atoms with Crippen LogP contribution in [-0.2, 0) is 9.84 Å². The van der Waals surface area contributed by atoms with Crippen LogP contribution in [0.4, 0.5) is 0 Å². The van der Waals surface area contributed by atoms with Crippen LogP contribution in [0.15, 0.2) is 35.2 Å². The predicted octanol–water partition coefficient (Wildman–Crippen LogP) is 2.50. The average Bonchev–Trinajstić information content (AvgIpc) is 2.73. The van der Waals surface area contributed by atoms with Crippen LogP contribution >= 0.6 is 0 Å². The summed E-state index contributed by atoms with van der Waals surface area (Å²) in [6, 6.07) is 8.74. The molecule has 0 spiro atoms. The molecule has 0 bridgehead atoms. The molecule has 0 N–H and O–H groups in total. The maximum absolute atomic E-state index is 12.3. The summed E-state index contributed by atoms with van der Waals surface area (Å²) < 4.78 is 24.1. The van der Waals surface area contributed by atoms with Gasteiger partial charge in [0, 0.05) is 0 Å². The fourth-order valence-corrected chi connectivity index (χ4v) is 4.63. The van der Waals surface area contributed by atoms with Gasteiger partial charge in [0.25, 0.3) is 0 Å². The van der Waals surface area contributed by atoms with E-state index in [1.165, 1.54) is 0 Å². The minimum absolute atomic E-state index is 0.253. The van der Waals surface area contributed by atoms with Crippen LogP contribution in [-0.4, -0.2) is 13.2 Å². The molecule has 0 radical (unpaired) electrons. The Morgan fingerprint density at radius 2 is 1.53 bits per heavy atom. The Hall–Kier alpha value is -0.830. The second-order valence-electron chi connectivity index (χ2n) is 4.58. The fraction of sp³-hybridized carbons (Fsp3) is 0.500. The van der Waals surface area contributed by atoms with Gasteiger partial charge in [0.05, 0.1) is 9.64 Å². The standard InChI is InChI=1S/C12H16O2S/c1-9-10(2)12(9,3)15(13,14)11-7-5-4-6-8-11/h4-10H,1-3H3/t9-,10+,12?. The van der Waals surface area contributed by atoms with Gasteiger partial charge < -0.3 is 0 Å². The monoisotopic (exact) mass is 224 g/mol. The van der Waals surface area contributed by atoms with E-state index in [1.807, 2.05) is 26.8 Å². The largest absolute Gasteiger partial charge is 0.223 e. The van der Waals surface area contributed by atoms with Crippen LogP contribution < -0.4 is 0 Å². The second-order valence-corrected chi connectivity index (χ2v) is 6.94. The molecule has 0 heterocycles. The van der Waals surface area contributed by atoms with Crippen LogP contribution in [0.5, 0.6) is 0 Å². The van der Waals surface area contributed by atoms with Crippen LogP contribution in [0.25, 0.3) is 0 Å². The summed E-state index contributed by atoms with van der Waals surface area (Å²) in [5, 5.41) is 0. The third-order valence-electron chi connectivity index (χ3n) is 4.08. The minimum atomic E-state index is -3.16. The normalized spacial score (nSPS) is 35.1. The summed E-state index contributed by atoms with van der Waals surface area (Å²) >= 11 is 0. The van der Waals surface area contributed by atoms with Crippen molar-refractivity contribution in [2.45, 2.75) is 30.4 Å². The molecule has 1 aliphatic rings. The van der Waals surface area contributed by atoms with E-state index >= 15 is 0 Å². The number of sulfone groups is 1. The maximum Gasteiger partial charge on any atom is 0.184 e. The number of benzene rings is 1. The van der Waals surface area contributed by atoms with Gasteiger partial charge in [-0.3, -0.25) is 0 Å². The molecule has 0 aromatic heterocycles. The Balaban J connectivity index is 2.47. The molecule has 0 aliphatic heterocycles. The molecule has 1 saturated carbocycles. The zero-order valence-corrected chi connectivity index (χ0v) is 10.1. The molecule has 2 rings (SSSR count). The highest BCUT2D eigenvalue weighted by Crippen LogP contribution is 2.57. The molecule has 1 aromatic rings. The lowest BCUT2D eigenvalue weighted by Crippen LogP contribution is -2.23. The van der Waals surface area contributed by atoms with Crippen LogP contribution in [0.1, 0.15) is 20.8 Å². The van der Waals surface area contributed by atoms with E-state index in [9.17, 15) is 8.42 Å². The lowest BCUT2D eigenvalue weighted by atomic mass is 10.4. The van der Waals surface area contributed by atoms with Gasteiger partial charge in [-0.15, -0.1) is 0 Å². The number of hydrogen-bond acceptors (Lipinski definition) is 2. The van der Waals surface area contributed by atoms with Gasteiger partial charge in [-0.25, -0.2) is 8.42 Å². The first-order valence-corrected chi connectivity index (χ1v) is 6.70. The fourth-order valence-electron chi connectivity index (χ4n) is 2.29. The Bertz CT molecular complexity index is 454. The number of rotatable bonds is 2. The molecule has 1 aliphatic carbocycles. The molecule has 82 valence electrons. The average molecular weight is 224 g/mol. The molecule has 1 fully saturated rings. The third-order valence-corrected chi connectivity index (χ3v) is 6.88. The first-order chi connectivity index (χ1) is 6.92. The second kappa shape index (κ2) is 3.08. The molecular formula is C12H16O2S. The first-order valence-electron chi connectivity index (χ1n) is 5.22. The lowest BCUT2D eigenvalue weighted by molar-refractivity contribution is 0.574. The highest BCUT2D eigenvalue weighted by molar-refractivity contribution is 7.93. The maximum atomic E-state index is 12.3. The smallest absolute Gasteiger partial charge is 0.184 e. The van der Waals surface area contributed by atoms with Crippen molar-refractivity contribution in [3.63, 3.8) is 0 Å². The van der Waals surface area contributed by atoms with Gasteiger partial charge in [-0.2, -0.15) is 0 Å². The summed E-state index contributed by atoms with van der Waals surface area (Å²) in [7, 11) is -3.16. The van der Waals surface area contributed by atoms with Gasteiger partial charge in [0.15, 0.2) is 9.84 Å². The minimum Gasteiger partial charge on any atom is -0.223 e. The van der Waals surface area contributed by atoms with E-state index in [0.29, 0.717) is 4.90 Å². The van der Waals surface area contributed by atoms with Crippen molar-refractivity contribution in [1.82, 2.24) is 0 Å². The van der Waals surface area contributed by atoms with Gasteiger partial charge >= 0.3 is 0 Å². The molecule has 0 saturated heterocycles. The zero-order chi connectivity index (χ0) is 11.3. The molecule has 3 atom stereocenters. The number of hydrogen-bond donors (Lipinski definition) is 0. The first kappa shape index (κ1) is 10.7. The summed E-state index contributed by atoms with van der Waals surface area (Å²) in [5.74, 6) is 0.505. The van der Waals surface area contributed by atoms with Crippen molar-refractivity contribution in [3.05, 3.63) is 30.3 Å². The summed E-state index contributed by atoms with van der Waals surface area (Å²) in [6.07, 6.45) is 0. The lowest BCUT2D eigenvalue weighted by Gasteiger charge is -2.12. The quantitative estimate of drug-likeness (QED) is 0.773. The predicted molar refractivity (Wildman–Crippen MR) is 60.4 cm³/mol. The molecule has 1 aromatic carbocycles. The van der Waals surface area contributed by atoms with E-state index in [1.54, 1.807) is 24.3 Å². The van der Waals surface area contributed by atoms with Crippen molar-refractivity contribution < 1.29 is 8.42 Å². The summed E-state index contributed by atoms with van der Waals surface area (Å²) in [5.41, 5.74) is 0. The van der Waals surface area contributed by atoms with Crippen molar-refractivity contribution in [3.8, 4) is 0 Å². The highest BCUT2D eigenvalue weighted by Gasteiger charge is 2.64. The van der Waals surface area contributed by atoms with Crippen molar-refractivity contribution >= 4 is 9.84 Å². The van der Waals surface area contributed by atoms with Crippen molar-refractivity contribution in [2.24, 2.45) is 11.8 Å². The van der Waals surface area contributed by atoms with Gasteiger partial charge in [0.1, 0.15) is 0 Å². The Morgan fingerprint density at radius 1 is 1.07 bits per heavy atom. The Kier molecular flexibility index (Phi) is 2.19. The van der Waals surface area contributed by atoms with E-state index in [0.717, 1.165) is 0 Å². The van der Waals surface area contributed by atoms with E-state index in [2.05, 4.69) is 0 Å². The highest BCUT2D eigenvalue weighted by atomic mass is 32.2. The van der Waals surface area contributed by atoms with Crippen molar-refractivity contribution in [2.75, 3.05) is 0 Å². The molecule has 15 heavy (non-hydrogen) atoms. The van der Waals surface area contributed by atoms with Crippen molar-refractivity contribution in [1.29, 1.82) is 0 Å². The van der Waals surface area contributed by atoms with E-state index in [-0.39, 0.29) is 11.8 Å². The SMILES string of the molecule is C[C@@H]1[C@H](C)C1(C)S(=O)(=O)c1ccccc1. The summed E-state index contributed by atoms with van der Waals surface area (Å²) in [6.45, 7) is 5.86. The topological polar surface area (TPSA) is 34.1 Å². The third kappa shape index (κ3) is 1.26. The van der Waals surface area contributed by atoms with E-state index < -0.39 is 14.6 Å². The molecule has 1 unspecified atom stereocenters. The van der Waals surface area contributed by atoms with Crippen LogP contribution in [0, 0.1) is 11.8 Å². The molecular weight excluding hydrogens is 208 g/mol. The molecule has 0 amide bonds.